The van der Waals surface area contributed by atoms with E-state index in [0.29, 0.717) is 11.8 Å². The molecule has 0 spiro atoms. The predicted molar refractivity (Wildman–Crippen MR) is 85.4 cm³/mol. The second-order valence-electron chi connectivity index (χ2n) is 5.54. The maximum atomic E-state index is 10.9. The Morgan fingerprint density at radius 1 is 1.27 bits per heavy atom. The van der Waals surface area contributed by atoms with Gasteiger partial charge in [-0.25, -0.2) is 0 Å². The molecule has 1 saturated carbocycles. The highest BCUT2D eigenvalue weighted by Gasteiger charge is 2.37. The normalized spacial score (nSPS) is 19.5. The molecule has 2 aromatic rings. The van der Waals surface area contributed by atoms with E-state index in [0.717, 1.165) is 12.2 Å². The van der Waals surface area contributed by atoms with E-state index < -0.39 is 4.92 Å². The van der Waals surface area contributed by atoms with Gasteiger partial charge in [-0.15, -0.1) is 0 Å². The fourth-order valence-corrected chi connectivity index (χ4v) is 2.77. The molecule has 2 unspecified atom stereocenters. The minimum Gasteiger partial charge on any atom is -0.490 e. The molecular formula is C17H18N2O3. The zero-order chi connectivity index (χ0) is 15.5. The van der Waals surface area contributed by atoms with E-state index in [1.807, 2.05) is 6.07 Å². The van der Waals surface area contributed by atoms with Crippen LogP contribution in [0, 0.1) is 16.0 Å². The second-order valence-corrected chi connectivity index (χ2v) is 5.54. The van der Waals surface area contributed by atoms with Crippen LogP contribution in [0.4, 0.5) is 11.4 Å². The highest BCUT2D eigenvalue weighted by molar-refractivity contribution is 5.58. The number of hydrogen-bond acceptors (Lipinski definition) is 4. The number of ether oxygens (including phenoxy) is 1. The smallest absolute Gasteiger partial charge is 0.311 e. The lowest BCUT2D eigenvalue weighted by atomic mass is 10.1. The van der Waals surface area contributed by atoms with E-state index in [1.165, 1.54) is 25.2 Å². The molecule has 1 aliphatic rings. The third-order valence-corrected chi connectivity index (χ3v) is 4.10. The van der Waals surface area contributed by atoms with Crippen molar-refractivity contribution in [2.24, 2.45) is 5.92 Å². The Bertz CT molecular complexity index is 673. The fraction of sp³-hybridized carbons (Fsp3) is 0.294. The number of methoxy groups -OCH3 is 1. The summed E-state index contributed by atoms with van der Waals surface area (Å²) in [5.74, 6) is 1.52. The van der Waals surface area contributed by atoms with Crippen molar-refractivity contribution in [2.75, 3.05) is 19.0 Å². The number of nitro groups is 1. The van der Waals surface area contributed by atoms with E-state index in [2.05, 4.69) is 29.6 Å². The summed E-state index contributed by atoms with van der Waals surface area (Å²) >= 11 is 0. The SMILES string of the molecule is COc1cc(NCC2CC2c2ccccc2)ccc1[N+](=O)[O-]. The first kappa shape index (κ1) is 14.4. The highest BCUT2D eigenvalue weighted by atomic mass is 16.6. The molecule has 0 bridgehead atoms. The summed E-state index contributed by atoms with van der Waals surface area (Å²) in [4.78, 5) is 10.4. The van der Waals surface area contributed by atoms with Crippen LogP contribution in [-0.2, 0) is 0 Å². The number of nitro benzene ring substituents is 1. The first-order valence-corrected chi connectivity index (χ1v) is 7.30. The Kier molecular flexibility index (Phi) is 3.96. The third-order valence-electron chi connectivity index (χ3n) is 4.10. The van der Waals surface area contributed by atoms with E-state index >= 15 is 0 Å². The summed E-state index contributed by atoms with van der Waals surface area (Å²) < 4.78 is 5.08. The molecule has 0 aliphatic heterocycles. The van der Waals surface area contributed by atoms with Gasteiger partial charge in [0.05, 0.1) is 12.0 Å². The van der Waals surface area contributed by atoms with Gasteiger partial charge in [-0.05, 0) is 29.9 Å². The molecule has 3 rings (SSSR count). The molecule has 0 heterocycles. The fourth-order valence-electron chi connectivity index (χ4n) is 2.77. The molecule has 2 atom stereocenters. The number of nitrogens with zero attached hydrogens (tertiary/aromatic N) is 1. The van der Waals surface area contributed by atoms with Crippen molar-refractivity contribution in [1.29, 1.82) is 0 Å². The average Bonchev–Trinajstić information content (AvgIpc) is 3.33. The van der Waals surface area contributed by atoms with Crippen LogP contribution in [0.1, 0.15) is 17.9 Å². The van der Waals surface area contributed by atoms with Gasteiger partial charge in [-0.3, -0.25) is 10.1 Å². The molecule has 2 aromatic carbocycles. The topological polar surface area (TPSA) is 64.4 Å². The molecule has 0 saturated heterocycles. The zero-order valence-corrected chi connectivity index (χ0v) is 12.4. The maximum absolute atomic E-state index is 10.9. The van der Waals surface area contributed by atoms with E-state index in [-0.39, 0.29) is 11.4 Å². The summed E-state index contributed by atoms with van der Waals surface area (Å²) in [6.45, 7) is 0.862. The predicted octanol–water partition coefficient (Wildman–Crippen LogP) is 3.82. The second kappa shape index (κ2) is 6.05. The molecule has 114 valence electrons. The van der Waals surface area contributed by atoms with Crippen molar-refractivity contribution < 1.29 is 9.66 Å². The van der Waals surface area contributed by atoms with Gasteiger partial charge >= 0.3 is 5.69 Å². The first-order valence-electron chi connectivity index (χ1n) is 7.30. The standard InChI is InChI=1S/C17H18N2O3/c1-22-17-10-14(7-8-16(17)19(20)21)18-11-13-9-15(13)12-5-3-2-4-6-12/h2-8,10,13,15,18H,9,11H2,1H3. The van der Waals surface area contributed by atoms with Crippen LogP contribution in [0.15, 0.2) is 48.5 Å². The van der Waals surface area contributed by atoms with Crippen LogP contribution in [0.5, 0.6) is 5.75 Å². The Balaban J connectivity index is 1.60. The van der Waals surface area contributed by atoms with Crippen molar-refractivity contribution >= 4 is 11.4 Å². The summed E-state index contributed by atoms with van der Waals surface area (Å²) in [5, 5.41) is 14.2. The number of rotatable bonds is 6. The number of benzene rings is 2. The molecule has 22 heavy (non-hydrogen) atoms. The zero-order valence-electron chi connectivity index (χ0n) is 12.4. The van der Waals surface area contributed by atoms with Crippen LogP contribution in [-0.4, -0.2) is 18.6 Å². The van der Waals surface area contributed by atoms with E-state index in [4.69, 9.17) is 4.74 Å². The Hall–Kier alpha value is -2.56. The lowest BCUT2D eigenvalue weighted by Gasteiger charge is -2.08. The minimum absolute atomic E-state index is 0.0124. The Morgan fingerprint density at radius 3 is 2.73 bits per heavy atom. The molecular weight excluding hydrogens is 280 g/mol. The highest BCUT2D eigenvalue weighted by Crippen LogP contribution is 2.47. The van der Waals surface area contributed by atoms with Gasteiger partial charge in [0.1, 0.15) is 0 Å². The maximum Gasteiger partial charge on any atom is 0.311 e. The van der Waals surface area contributed by atoms with E-state index in [1.54, 1.807) is 12.1 Å². The molecule has 0 aromatic heterocycles. The quantitative estimate of drug-likeness (QED) is 0.650. The van der Waals surface area contributed by atoms with Gasteiger partial charge in [-0.1, -0.05) is 30.3 Å². The van der Waals surface area contributed by atoms with Crippen molar-refractivity contribution in [2.45, 2.75) is 12.3 Å². The molecule has 1 N–H and O–H groups in total. The lowest BCUT2D eigenvalue weighted by molar-refractivity contribution is -0.385. The number of hydrogen-bond donors (Lipinski definition) is 1. The van der Waals surface area contributed by atoms with Crippen LogP contribution in [0.2, 0.25) is 0 Å². The molecule has 1 fully saturated rings. The monoisotopic (exact) mass is 298 g/mol. The minimum atomic E-state index is -0.436. The molecule has 5 heteroatoms. The number of anilines is 1. The van der Waals surface area contributed by atoms with Gasteiger partial charge in [0, 0.05) is 24.4 Å². The Labute approximate surface area is 129 Å². The first-order chi connectivity index (χ1) is 10.7. The van der Waals surface area contributed by atoms with Crippen molar-refractivity contribution in [3.05, 3.63) is 64.2 Å². The third kappa shape index (κ3) is 3.03. The molecule has 0 amide bonds. The summed E-state index contributed by atoms with van der Waals surface area (Å²) in [7, 11) is 1.44. The molecule has 5 nitrogen and oxygen atoms in total. The largest absolute Gasteiger partial charge is 0.490 e. The van der Waals surface area contributed by atoms with Gasteiger partial charge in [0.2, 0.25) is 0 Å². The van der Waals surface area contributed by atoms with Crippen LogP contribution < -0.4 is 10.1 Å². The van der Waals surface area contributed by atoms with Gasteiger partial charge in [-0.2, -0.15) is 0 Å². The average molecular weight is 298 g/mol. The van der Waals surface area contributed by atoms with Gasteiger partial charge in [0.25, 0.3) is 0 Å². The number of nitrogens with one attached hydrogen (secondary N) is 1. The molecule has 0 radical (unpaired) electrons. The summed E-state index contributed by atoms with van der Waals surface area (Å²) in [5.41, 5.74) is 2.22. The van der Waals surface area contributed by atoms with E-state index in [9.17, 15) is 10.1 Å². The lowest BCUT2D eigenvalue weighted by Crippen LogP contribution is -2.05. The van der Waals surface area contributed by atoms with Crippen molar-refractivity contribution in [3.63, 3.8) is 0 Å². The van der Waals surface area contributed by atoms with Gasteiger partial charge < -0.3 is 10.1 Å². The summed E-state index contributed by atoms with van der Waals surface area (Å²) in [6.07, 6.45) is 1.18. The Morgan fingerprint density at radius 2 is 2.05 bits per heavy atom. The molecule has 1 aliphatic carbocycles. The van der Waals surface area contributed by atoms with Crippen LogP contribution in [0.25, 0.3) is 0 Å². The van der Waals surface area contributed by atoms with Crippen molar-refractivity contribution in [1.82, 2.24) is 0 Å². The van der Waals surface area contributed by atoms with Crippen LogP contribution in [0.3, 0.4) is 0 Å². The van der Waals surface area contributed by atoms with Crippen LogP contribution >= 0.6 is 0 Å². The van der Waals surface area contributed by atoms with Gasteiger partial charge in [0.15, 0.2) is 5.75 Å². The van der Waals surface area contributed by atoms with Crippen molar-refractivity contribution in [3.8, 4) is 5.75 Å². The summed E-state index contributed by atoms with van der Waals surface area (Å²) in [6, 6.07) is 15.4.